The maximum Gasteiger partial charge on any atom is 0.276 e. The molecule has 3 rings (SSSR count). The summed E-state index contributed by atoms with van der Waals surface area (Å²) in [5.41, 5.74) is 7.44. The van der Waals surface area contributed by atoms with Crippen LogP contribution in [0.1, 0.15) is 5.69 Å². The van der Waals surface area contributed by atoms with Crippen molar-refractivity contribution in [2.45, 2.75) is 38.8 Å². The first-order chi connectivity index (χ1) is 14.7. The maximum absolute atomic E-state index is 12.6. The van der Waals surface area contributed by atoms with Crippen LogP contribution in [0.15, 0.2) is 47.8 Å². The summed E-state index contributed by atoms with van der Waals surface area (Å²) in [6.45, 7) is 7.94. The van der Waals surface area contributed by atoms with Crippen molar-refractivity contribution in [2.24, 2.45) is 0 Å². The fourth-order valence-electron chi connectivity index (χ4n) is 2.99. The predicted molar refractivity (Wildman–Crippen MR) is 123 cm³/mol. The normalized spacial score (nSPS) is 11.5. The van der Waals surface area contributed by atoms with E-state index in [0.717, 1.165) is 17.3 Å². The van der Waals surface area contributed by atoms with Gasteiger partial charge >= 0.3 is 0 Å². The van der Waals surface area contributed by atoms with Gasteiger partial charge in [-0.25, -0.2) is 9.97 Å². The van der Waals surface area contributed by atoms with E-state index in [2.05, 4.69) is 39.9 Å². The first-order valence-corrected chi connectivity index (χ1v) is 13.8. The molecule has 10 heteroatoms. The zero-order valence-electron chi connectivity index (χ0n) is 18.0. The Morgan fingerprint density at radius 1 is 1.23 bits per heavy atom. The summed E-state index contributed by atoms with van der Waals surface area (Å²) in [4.78, 5) is 35.2. The molecule has 0 aliphatic heterocycles. The van der Waals surface area contributed by atoms with Gasteiger partial charge in [-0.15, -0.1) is 0 Å². The highest BCUT2D eigenvalue weighted by molar-refractivity contribution is 6.76. The van der Waals surface area contributed by atoms with Crippen molar-refractivity contribution in [3.05, 3.63) is 59.0 Å². The predicted octanol–water partition coefficient (Wildman–Crippen LogP) is 2.71. The highest BCUT2D eigenvalue weighted by Gasteiger charge is 2.18. The Balaban J connectivity index is 1.79. The molecule has 0 fully saturated rings. The van der Waals surface area contributed by atoms with E-state index >= 15 is 0 Å². The van der Waals surface area contributed by atoms with E-state index in [9.17, 15) is 9.59 Å². The molecule has 0 radical (unpaired) electrons. The summed E-state index contributed by atoms with van der Waals surface area (Å²) in [6, 6.07) is 10.8. The van der Waals surface area contributed by atoms with E-state index < -0.39 is 19.5 Å². The summed E-state index contributed by atoms with van der Waals surface area (Å²) in [7, 11) is -1.18. The van der Waals surface area contributed by atoms with Gasteiger partial charge in [-0.1, -0.05) is 50.0 Å². The number of anilines is 2. The van der Waals surface area contributed by atoms with Crippen LogP contribution in [-0.4, -0.2) is 40.1 Å². The fourth-order valence-corrected chi connectivity index (χ4v) is 3.75. The van der Waals surface area contributed by atoms with Crippen LogP contribution in [0.2, 0.25) is 25.7 Å². The number of carbonyl (C=O) groups is 1. The number of benzene rings is 1. The van der Waals surface area contributed by atoms with Crippen molar-refractivity contribution < 1.29 is 9.53 Å². The van der Waals surface area contributed by atoms with E-state index in [4.69, 9.17) is 10.5 Å². The van der Waals surface area contributed by atoms with E-state index in [0.29, 0.717) is 19.0 Å². The van der Waals surface area contributed by atoms with E-state index in [1.807, 2.05) is 34.9 Å². The van der Waals surface area contributed by atoms with Crippen molar-refractivity contribution in [2.75, 3.05) is 17.7 Å². The lowest BCUT2D eigenvalue weighted by Gasteiger charge is -2.16. The van der Waals surface area contributed by atoms with Crippen molar-refractivity contribution in [1.29, 1.82) is 0 Å². The lowest BCUT2D eigenvalue weighted by molar-refractivity contribution is -0.115. The molecule has 0 saturated heterocycles. The van der Waals surface area contributed by atoms with Crippen LogP contribution >= 0.6 is 0 Å². The lowest BCUT2D eigenvalue weighted by atomic mass is 10.1. The van der Waals surface area contributed by atoms with Crippen LogP contribution in [0.4, 0.5) is 11.5 Å². The van der Waals surface area contributed by atoms with Gasteiger partial charge in [0.1, 0.15) is 12.4 Å². The zero-order chi connectivity index (χ0) is 22.4. The molecule has 1 aromatic carbocycles. The van der Waals surface area contributed by atoms with Gasteiger partial charge in [0.2, 0.25) is 5.91 Å². The van der Waals surface area contributed by atoms with Crippen LogP contribution in [0.5, 0.6) is 0 Å². The number of nitrogens with one attached hydrogen (secondary N) is 2. The Labute approximate surface area is 181 Å². The molecule has 2 heterocycles. The Morgan fingerprint density at radius 2 is 1.97 bits per heavy atom. The highest BCUT2D eigenvalue weighted by Crippen LogP contribution is 2.24. The quantitative estimate of drug-likeness (QED) is 0.347. The van der Waals surface area contributed by atoms with Crippen molar-refractivity contribution in [1.82, 2.24) is 19.5 Å². The van der Waals surface area contributed by atoms with Crippen molar-refractivity contribution in [3.63, 3.8) is 0 Å². The number of hydrogen-bond acceptors (Lipinski definition) is 6. The molecular formula is C21H28N6O3Si. The average molecular weight is 441 g/mol. The third-order valence-electron chi connectivity index (χ3n) is 4.66. The molecule has 2 aromatic heterocycles. The van der Waals surface area contributed by atoms with Crippen LogP contribution in [0.25, 0.3) is 11.3 Å². The third kappa shape index (κ3) is 6.12. The van der Waals surface area contributed by atoms with Gasteiger partial charge < -0.3 is 25.3 Å². The third-order valence-corrected chi connectivity index (χ3v) is 6.37. The van der Waals surface area contributed by atoms with Gasteiger partial charge in [0.05, 0.1) is 30.5 Å². The standard InChI is InChI=1S/C21H28N6O3Si/c1-31(2,3)10-9-30-14-27-13-25-16(19(27)15-7-5-4-6-8-15)11-17(28)26-18-20(22)23-12-24-21(18)29/h4-8,12-13H,9-11,14H2,1-3H3,(H,26,28)(H3,22,23,24,29). The number of carbonyl (C=O) groups excluding carboxylic acids is 1. The number of hydrogen-bond donors (Lipinski definition) is 3. The molecule has 164 valence electrons. The SMILES string of the molecule is C[Si](C)(C)CCOCn1cnc(CC(=O)Nc2c(N)nc[nH]c2=O)c1-c1ccccc1. The average Bonchev–Trinajstić information content (AvgIpc) is 3.10. The van der Waals surface area contributed by atoms with Gasteiger partial charge in [0.25, 0.3) is 5.56 Å². The zero-order valence-corrected chi connectivity index (χ0v) is 19.0. The Bertz CT molecular complexity index is 1090. The Kier molecular flexibility index (Phi) is 7.03. The van der Waals surface area contributed by atoms with Crippen LogP contribution in [0, 0.1) is 0 Å². The highest BCUT2D eigenvalue weighted by atomic mass is 28.3. The van der Waals surface area contributed by atoms with Gasteiger partial charge in [-0.3, -0.25) is 9.59 Å². The number of ether oxygens (including phenoxy) is 1. The Morgan fingerprint density at radius 3 is 2.65 bits per heavy atom. The minimum Gasteiger partial charge on any atom is -0.382 e. The summed E-state index contributed by atoms with van der Waals surface area (Å²) in [5, 5.41) is 2.54. The molecule has 0 saturated carbocycles. The largest absolute Gasteiger partial charge is 0.382 e. The van der Waals surface area contributed by atoms with E-state index in [1.165, 1.54) is 6.33 Å². The number of nitrogens with zero attached hydrogens (tertiary/aromatic N) is 3. The number of amides is 1. The molecule has 0 aliphatic rings. The second-order valence-electron chi connectivity index (χ2n) is 8.44. The summed E-state index contributed by atoms with van der Waals surface area (Å²) >= 11 is 0. The van der Waals surface area contributed by atoms with Crippen molar-refractivity contribution >= 4 is 25.5 Å². The van der Waals surface area contributed by atoms with Crippen molar-refractivity contribution in [3.8, 4) is 11.3 Å². The monoisotopic (exact) mass is 440 g/mol. The molecule has 9 nitrogen and oxygen atoms in total. The van der Waals surface area contributed by atoms with Gasteiger partial charge in [-0.05, 0) is 6.04 Å². The molecule has 1 amide bonds. The fraction of sp³-hybridized carbons (Fsp3) is 0.333. The van der Waals surface area contributed by atoms with Crippen LogP contribution < -0.4 is 16.6 Å². The molecule has 0 unspecified atom stereocenters. The number of nitrogen functional groups attached to an aromatic ring is 1. The molecular weight excluding hydrogens is 412 g/mol. The molecule has 0 aliphatic carbocycles. The number of imidazole rings is 1. The molecule has 31 heavy (non-hydrogen) atoms. The molecule has 4 N–H and O–H groups in total. The molecule has 0 atom stereocenters. The minimum atomic E-state index is -1.18. The summed E-state index contributed by atoms with van der Waals surface area (Å²) < 4.78 is 7.79. The maximum atomic E-state index is 12.6. The van der Waals surface area contributed by atoms with Gasteiger partial charge in [-0.2, -0.15) is 0 Å². The number of H-pyrrole nitrogens is 1. The number of rotatable bonds is 9. The first kappa shape index (κ1) is 22.4. The van der Waals surface area contributed by atoms with E-state index in [-0.39, 0.29) is 17.9 Å². The Hall–Kier alpha value is -3.24. The molecule has 0 bridgehead atoms. The minimum absolute atomic E-state index is 0.0279. The second kappa shape index (κ2) is 9.71. The summed E-state index contributed by atoms with van der Waals surface area (Å²) in [6.07, 6.45) is 2.83. The smallest absolute Gasteiger partial charge is 0.276 e. The molecule has 3 aromatic rings. The molecule has 0 spiro atoms. The summed E-state index contributed by atoms with van der Waals surface area (Å²) in [5.74, 6) is -0.450. The first-order valence-electron chi connectivity index (χ1n) is 10.0. The van der Waals surface area contributed by atoms with Gasteiger partial charge in [0, 0.05) is 20.2 Å². The lowest BCUT2D eigenvalue weighted by Crippen LogP contribution is -2.23. The van der Waals surface area contributed by atoms with E-state index in [1.54, 1.807) is 6.33 Å². The second-order valence-corrected chi connectivity index (χ2v) is 14.1. The number of aromatic amines is 1. The van der Waals surface area contributed by atoms with Crippen LogP contribution in [0.3, 0.4) is 0 Å². The van der Waals surface area contributed by atoms with Crippen LogP contribution in [-0.2, 0) is 22.7 Å². The van der Waals surface area contributed by atoms with Gasteiger partial charge in [0.15, 0.2) is 5.82 Å². The number of aromatic nitrogens is 4. The number of nitrogens with two attached hydrogens (primary N) is 1. The topological polar surface area (TPSA) is 128 Å².